The summed E-state index contributed by atoms with van der Waals surface area (Å²) in [6.45, 7) is 6.67. The Morgan fingerprint density at radius 1 is 1.14 bits per heavy atom. The monoisotopic (exact) mass is 382 g/mol. The van der Waals surface area contributed by atoms with Gasteiger partial charge >= 0.3 is 0 Å². The fourth-order valence-corrected chi connectivity index (χ4v) is 3.23. The number of hydrogen-bond donors (Lipinski definition) is 0. The van der Waals surface area contributed by atoms with Crippen LogP contribution in [0.5, 0.6) is 0 Å². The summed E-state index contributed by atoms with van der Waals surface area (Å²) in [4.78, 5) is 20.2. The van der Waals surface area contributed by atoms with E-state index in [0.29, 0.717) is 24.9 Å². The first-order chi connectivity index (χ1) is 13.3. The lowest BCUT2D eigenvalue weighted by Crippen LogP contribution is -2.39. The lowest BCUT2D eigenvalue weighted by atomic mass is 9.91. The van der Waals surface area contributed by atoms with Gasteiger partial charge in [0.2, 0.25) is 5.91 Å². The minimum absolute atomic E-state index is 0.00693. The largest absolute Gasteiger partial charge is 0.390 e. The normalized spacial score (nSPS) is 16.4. The first-order valence-electron chi connectivity index (χ1n) is 9.61. The van der Waals surface area contributed by atoms with Crippen molar-refractivity contribution < 1.29 is 14.0 Å². The predicted octanol–water partition coefficient (Wildman–Crippen LogP) is 4.78. The van der Waals surface area contributed by atoms with E-state index in [-0.39, 0.29) is 29.8 Å². The van der Waals surface area contributed by atoms with Crippen molar-refractivity contribution in [3.63, 3.8) is 0 Å². The van der Waals surface area contributed by atoms with E-state index in [2.05, 4.69) is 5.16 Å². The topological polar surface area (TPSA) is 41.9 Å². The summed E-state index contributed by atoms with van der Waals surface area (Å²) >= 11 is 0. The zero-order valence-corrected chi connectivity index (χ0v) is 16.7. The van der Waals surface area contributed by atoms with Gasteiger partial charge in [-0.05, 0) is 17.0 Å². The molecule has 1 atom stereocenters. The summed E-state index contributed by atoms with van der Waals surface area (Å²) in [6, 6.07) is 16.4. The van der Waals surface area contributed by atoms with Gasteiger partial charge < -0.3 is 9.74 Å². The van der Waals surface area contributed by atoms with E-state index >= 15 is 0 Å². The average Bonchev–Trinajstić information content (AvgIpc) is 3.11. The molecule has 0 saturated carbocycles. The summed E-state index contributed by atoms with van der Waals surface area (Å²) in [7, 11) is 0. The maximum atomic E-state index is 14.2. The van der Waals surface area contributed by atoms with Crippen LogP contribution < -0.4 is 0 Å². The Bertz CT molecular complexity index is 843. The molecule has 1 heterocycles. The van der Waals surface area contributed by atoms with Gasteiger partial charge in [-0.25, -0.2) is 4.39 Å². The van der Waals surface area contributed by atoms with Gasteiger partial charge in [0, 0.05) is 24.9 Å². The van der Waals surface area contributed by atoms with E-state index in [9.17, 15) is 9.18 Å². The van der Waals surface area contributed by atoms with Gasteiger partial charge in [0.25, 0.3) is 0 Å². The molecule has 0 aliphatic carbocycles. The van der Waals surface area contributed by atoms with Gasteiger partial charge in [-0.3, -0.25) is 4.79 Å². The summed E-state index contributed by atoms with van der Waals surface area (Å²) in [5.74, 6) is -0.308. The van der Waals surface area contributed by atoms with Crippen molar-refractivity contribution in [2.75, 3.05) is 6.54 Å². The zero-order valence-electron chi connectivity index (χ0n) is 16.7. The Hall–Kier alpha value is -2.69. The fourth-order valence-electron chi connectivity index (χ4n) is 3.23. The smallest absolute Gasteiger partial charge is 0.223 e. The van der Waals surface area contributed by atoms with Crippen LogP contribution in [-0.2, 0) is 16.2 Å². The Kier molecular flexibility index (Phi) is 6.12. The lowest BCUT2D eigenvalue weighted by Gasteiger charge is -2.28. The molecule has 0 bridgehead atoms. The fraction of sp³-hybridized carbons (Fsp3) is 0.391. The van der Waals surface area contributed by atoms with Gasteiger partial charge in [-0.1, -0.05) is 74.5 Å². The quantitative estimate of drug-likeness (QED) is 0.721. The molecule has 5 heteroatoms. The van der Waals surface area contributed by atoms with Gasteiger partial charge in [-0.2, -0.15) is 0 Å². The lowest BCUT2D eigenvalue weighted by molar-refractivity contribution is -0.135. The highest BCUT2D eigenvalue weighted by molar-refractivity contribution is 6.01. The van der Waals surface area contributed by atoms with Crippen molar-refractivity contribution in [2.45, 2.75) is 46.3 Å². The SMILES string of the molecule is CC(C)(C)CC(=O)N(Cc1ccccc1F)CC1CC(c2ccccc2)=NO1. The zero-order chi connectivity index (χ0) is 20.1. The van der Waals surface area contributed by atoms with E-state index in [1.54, 1.807) is 23.1 Å². The maximum Gasteiger partial charge on any atom is 0.223 e. The number of rotatable bonds is 6. The second kappa shape index (κ2) is 8.55. The molecule has 0 saturated heterocycles. The molecule has 2 aromatic rings. The molecule has 0 N–H and O–H groups in total. The number of carbonyl (C=O) groups excluding carboxylic acids is 1. The maximum absolute atomic E-state index is 14.2. The van der Waals surface area contributed by atoms with E-state index in [1.807, 2.05) is 51.1 Å². The van der Waals surface area contributed by atoms with Crippen LogP contribution in [0.4, 0.5) is 4.39 Å². The highest BCUT2D eigenvalue weighted by atomic mass is 19.1. The van der Waals surface area contributed by atoms with Crippen LogP contribution in [0.15, 0.2) is 59.8 Å². The molecule has 0 radical (unpaired) electrons. The highest BCUT2D eigenvalue weighted by Gasteiger charge is 2.29. The van der Waals surface area contributed by atoms with Gasteiger partial charge in [-0.15, -0.1) is 0 Å². The average molecular weight is 382 g/mol. The summed E-state index contributed by atoms with van der Waals surface area (Å²) in [5.41, 5.74) is 2.26. The Morgan fingerprint density at radius 2 is 1.82 bits per heavy atom. The van der Waals surface area contributed by atoms with Crippen molar-refractivity contribution in [1.29, 1.82) is 0 Å². The summed E-state index contributed by atoms with van der Waals surface area (Å²) in [6.07, 6.45) is 0.784. The molecule has 3 rings (SSSR count). The molecule has 2 aromatic carbocycles. The molecule has 1 aliphatic heterocycles. The third-order valence-corrected chi connectivity index (χ3v) is 4.62. The molecule has 0 spiro atoms. The molecule has 1 unspecified atom stereocenters. The van der Waals surface area contributed by atoms with Crippen molar-refractivity contribution in [3.8, 4) is 0 Å². The number of hydrogen-bond acceptors (Lipinski definition) is 3. The number of carbonyl (C=O) groups is 1. The minimum atomic E-state index is -0.301. The van der Waals surface area contributed by atoms with Crippen molar-refractivity contribution in [2.24, 2.45) is 10.6 Å². The molecular formula is C23H27FN2O2. The van der Waals surface area contributed by atoms with E-state index < -0.39 is 0 Å². The van der Waals surface area contributed by atoms with Crippen LogP contribution in [0.2, 0.25) is 0 Å². The van der Waals surface area contributed by atoms with E-state index in [1.165, 1.54) is 6.07 Å². The second-order valence-corrected chi connectivity index (χ2v) is 8.44. The second-order valence-electron chi connectivity index (χ2n) is 8.44. The number of nitrogens with zero attached hydrogens (tertiary/aromatic N) is 2. The molecule has 0 fully saturated rings. The molecule has 148 valence electrons. The van der Waals surface area contributed by atoms with Crippen LogP contribution in [0.3, 0.4) is 0 Å². The van der Waals surface area contributed by atoms with Crippen LogP contribution in [0.25, 0.3) is 0 Å². The van der Waals surface area contributed by atoms with Crippen molar-refractivity contribution in [3.05, 3.63) is 71.5 Å². The molecule has 1 amide bonds. The molecule has 0 aromatic heterocycles. The number of oxime groups is 1. The number of amides is 1. The molecule has 4 nitrogen and oxygen atoms in total. The Balaban J connectivity index is 1.71. The van der Waals surface area contributed by atoms with Gasteiger partial charge in [0.1, 0.15) is 5.82 Å². The van der Waals surface area contributed by atoms with Crippen LogP contribution >= 0.6 is 0 Å². The minimum Gasteiger partial charge on any atom is -0.390 e. The molecular weight excluding hydrogens is 355 g/mol. The van der Waals surface area contributed by atoms with Gasteiger partial charge in [0.05, 0.1) is 12.3 Å². The standard InChI is InChI=1S/C23H27FN2O2/c1-23(2,3)14-22(27)26(15-18-11-7-8-12-20(18)24)16-19-13-21(25-28-19)17-9-5-4-6-10-17/h4-12,19H,13-16H2,1-3H3. The highest BCUT2D eigenvalue weighted by Crippen LogP contribution is 2.23. The molecule has 28 heavy (non-hydrogen) atoms. The van der Waals surface area contributed by atoms with Crippen LogP contribution in [0.1, 0.15) is 44.7 Å². The van der Waals surface area contributed by atoms with E-state index in [0.717, 1.165) is 11.3 Å². The summed E-state index contributed by atoms with van der Waals surface area (Å²) < 4.78 is 14.2. The third-order valence-electron chi connectivity index (χ3n) is 4.62. The van der Waals surface area contributed by atoms with E-state index in [4.69, 9.17) is 4.84 Å². The Morgan fingerprint density at radius 3 is 2.50 bits per heavy atom. The van der Waals surface area contributed by atoms with Gasteiger partial charge in [0.15, 0.2) is 6.10 Å². The van der Waals surface area contributed by atoms with Crippen molar-refractivity contribution >= 4 is 11.6 Å². The number of benzene rings is 2. The number of halogens is 1. The van der Waals surface area contributed by atoms with Crippen LogP contribution in [0, 0.1) is 11.2 Å². The van der Waals surface area contributed by atoms with Crippen molar-refractivity contribution in [1.82, 2.24) is 4.90 Å². The van der Waals surface area contributed by atoms with Crippen LogP contribution in [-0.4, -0.2) is 29.2 Å². The first kappa shape index (κ1) is 20.1. The molecule has 1 aliphatic rings. The summed E-state index contributed by atoms with van der Waals surface area (Å²) in [5, 5.41) is 4.20. The predicted molar refractivity (Wildman–Crippen MR) is 108 cm³/mol. The Labute approximate surface area is 166 Å². The third kappa shape index (κ3) is 5.41. The first-order valence-corrected chi connectivity index (χ1v) is 9.61.